The first-order chi connectivity index (χ1) is 11.2. The van der Waals surface area contributed by atoms with E-state index >= 15 is 0 Å². The van der Waals surface area contributed by atoms with Crippen LogP contribution in [0.3, 0.4) is 0 Å². The van der Waals surface area contributed by atoms with Gasteiger partial charge in [-0.15, -0.1) is 5.25 Å². The first-order valence-electron chi connectivity index (χ1n) is 6.77. The lowest BCUT2D eigenvalue weighted by Gasteiger charge is -2.17. The van der Waals surface area contributed by atoms with Crippen molar-refractivity contribution in [1.82, 2.24) is 5.25 Å². The molecule has 0 aliphatic carbocycles. The van der Waals surface area contributed by atoms with Gasteiger partial charge in [-0.25, -0.2) is 4.39 Å². The number of benzene rings is 2. The van der Waals surface area contributed by atoms with Crippen LogP contribution in [0.4, 0.5) is 4.39 Å². The summed E-state index contributed by atoms with van der Waals surface area (Å²) in [5.74, 6) is -0.381. The summed E-state index contributed by atoms with van der Waals surface area (Å²) in [7, 11) is -2.70. The molecule has 0 radical (unpaired) electrons. The van der Waals surface area contributed by atoms with Crippen molar-refractivity contribution >= 4 is 24.4 Å². The first kappa shape index (κ1) is 18.7. The quantitative estimate of drug-likeness (QED) is 0.545. The number of ether oxygens (including phenoxy) is 2. The zero-order chi connectivity index (χ0) is 18.1. The minimum atomic E-state index is -4.07. The summed E-state index contributed by atoms with van der Waals surface area (Å²) < 4.78 is 36.6. The molecular weight excluding hydrogens is 360 g/mol. The van der Waals surface area contributed by atoms with Crippen LogP contribution >= 0.6 is 19.1 Å². The van der Waals surface area contributed by atoms with Gasteiger partial charge in [-0.3, -0.25) is 4.57 Å². The van der Waals surface area contributed by atoms with Crippen molar-refractivity contribution in [3.8, 4) is 17.2 Å². The van der Waals surface area contributed by atoms with Gasteiger partial charge in [-0.05, 0) is 49.2 Å². The zero-order valence-electron chi connectivity index (χ0n) is 13.1. The molecule has 0 spiro atoms. The van der Waals surface area contributed by atoms with Gasteiger partial charge < -0.3 is 19.6 Å². The number of aryl methyl sites for hydroxylation is 2. The van der Waals surface area contributed by atoms with E-state index < -0.39 is 13.3 Å². The first-order valence-corrected chi connectivity index (χ1v) is 8.80. The van der Waals surface area contributed by atoms with E-state index in [1.165, 1.54) is 36.6 Å². The van der Waals surface area contributed by atoms with Gasteiger partial charge in [-0.2, -0.15) is 0 Å². The molecule has 0 aliphatic rings. The second kappa shape index (κ2) is 7.09. The molecule has 9 heteroatoms. The van der Waals surface area contributed by atoms with E-state index in [2.05, 4.69) is 0 Å². The lowest BCUT2D eigenvalue weighted by atomic mass is 10.1. The van der Waals surface area contributed by atoms with E-state index in [0.717, 1.165) is 0 Å². The van der Waals surface area contributed by atoms with Crippen LogP contribution in [0.25, 0.3) is 0 Å². The normalized spacial score (nSPS) is 13.5. The van der Waals surface area contributed by atoms with Gasteiger partial charge in [0.1, 0.15) is 16.5 Å². The Morgan fingerprint density at radius 1 is 1.21 bits per heavy atom. The molecule has 6 nitrogen and oxygen atoms in total. The van der Waals surface area contributed by atoms with Crippen LogP contribution in [0.2, 0.25) is 5.02 Å². The largest absolute Gasteiger partial charge is 0.495 e. The molecule has 0 heterocycles. The van der Waals surface area contributed by atoms with Crippen molar-refractivity contribution in [2.75, 3.05) is 7.11 Å². The maximum Gasteiger partial charge on any atom is 0.319 e. The Bertz CT molecular complexity index is 807. The van der Waals surface area contributed by atoms with Gasteiger partial charge in [0.25, 0.3) is 0 Å². The molecule has 0 aliphatic heterocycles. The van der Waals surface area contributed by atoms with Gasteiger partial charge in [0.15, 0.2) is 11.6 Å². The molecule has 3 N–H and O–H groups in total. The summed E-state index contributed by atoms with van der Waals surface area (Å²) in [5.41, 5.74) is 0.974. The van der Waals surface area contributed by atoms with Crippen molar-refractivity contribution in [3.05, 3.63) is 46.2 Å². The van der Waals surface area contributed by atoms with Crippen molar-refractivity contribution in [1.29, 1.82) is 0 Å². The van der Waals surface area contributed by atoms with Gasteiger partial charge >= 0.3 is 7.52 Å². The molecule has 2 aromatic rings. The van der Waals surface area contributed by atoms with Gasteiger partial charge in [0.05, 0.1) is 12.4 Å². The predicted molar refractivity (Wildman–Crippen MR) is 88.3 cm³/mol. The van der Waals surface area contributed by atoms with Crippen molar-refractivity contribution in [3.63, 3.8) is 0 Å². The molecule has 1 atom stereocenters. The van der Waals surface area contributed by atoms with Crippen molar-refractivity contribution in [2.45, 2.75) is 13.8 Å². The monoisotopic (exact) mass is 375 g/mol. The third-order valence-corrected chi connectivity index (χ3v) is 4.96. The number of hydrogen-bond acceptors (Lipinski definition) is 4. The summed E-state index contributed by atoms with van der Waals surface area (Å²) in [4.78, 5) is 9.62. The Morgan fingerprint density at radius 3 is 2.25 bits per heavy atom. The molecule has 0 saturated carbocycles. The van der Waals surface area contributed by atoms with Gasteiger partial charge in [0, 0.05) is 0 Å². The molecule has 0 bridgehead atoms. The third-order valence-electron chi connectivity index (χ3n) is 3.37. The molecular formula is C15H16ClFNO5P. The fourth-order valence-corrected chi connectivity index (χ4v) is 3.27. The molecule has 2 rings (SSSR count). The van der Waals surface area contributed by atoms with Gasteiger partial charge in [0.2, 0.25) is 0 Å². The summed E-state index contributed by atoms with van der Waals surface area (Å²) in [6, 6.07) is 5.58. The van der Waals surface area contributed by atoms with Crippen LogP contribution in [0.1, 0.15) is 11.1 Å². The molecule has 0 amide bonds. The fraction of sp³-hybridized carbons (Fsp3) is 0.200. The molecule has 0 aromatic heterocycles. The number of halogens is 2. The Kier molecular flexibility index (Phi) is 5.52. The van der Waals surface area contributed by atoms with E-state index in [-0.39, 0.29) is 21.8 Å². The summed E-state index contributed by atoms with van der Waals surface area (Å²) in [5, 5.41) is 9.97. The molecule has 0 fully saturated rings. The lowest BCUT2D eigenvalue weighted by Crippen LogP contribution is -2.16. The van der Waals surface area contributed by atoms with Crippen LogP contribution in [-0.2, 0) is 4.57 Å². The minimum Gasteiger partial charge on any atom is -0.495 e. The Balaban J connectivity index is 2.45. The molecule has 0 saturated heterocycles. The zero-order valence-corrected chi connectivity index (χ0v) is 14.8. The van der Waals surface area contributed by atoms with Crippen LogP contribution in [0, 0.1) is 19.7 Å². The highest BCUT2D eigenvalue weighted by atomic mass is 35.5. The van der Waals surface area contributed by atoms with Crippen LogP contribution in [0.5, 0.6) is 17.2 Å². The highest BCUT2D eigenvalue weighted by Crippen LogP contribution is 2.39. The van der Waals surface area contributed by atoms with E-state index in [9.17, 15) is 13.8 Å². The average molecular weight is 376 g/mol. The molecule has 24 heavy (non-hydrogen) atoms. The number of rotatable bonds is 5. The second-order valence-corrected chi connectivity index (χ2v) is 7.33. The van der Waals surface area contributed by atoms with Crippen LogP contribution < -0.4 is 20.0 Å². The van der Waals surface area contributed by atoms with Crippen molar-refractivity contribution < 1.29 is 28.5 Å². The summed E-state index contributed by atoms with van der Waals surface area (Å²) in [6.07, 6.45) is 0. The van der Waals surface area contributed by atoms with Crippen LogP contribution in [0.15, 0.2) is 24.3 Å². The van der Waals surface area contributed by atoms with E-state index in [0.29, 0.717) is 16.9 Å². The number of nitrogens with one attached hydrogen (secondary N) is 1. The van der Waals surface area contributed by atoms with E-state index in [4.69, 9.17) is 26.3 Å². The molecule has 2 aromatic carbocycles. The Hall–Kier alpha value is -1.63. The second-order valence-electron chi connectivity index (χ2n) is 5.08. The lowest BCUT2D eigenvalue weighted by molar-refractivity contribution is 0.226. The van der Waals surface area contributed by atoms with E-state index in [1.54, 1.807) is 13.8 Å². The maximum absolute atomic E-state index is 14.3. The molecule has 130 valence electrons. The smallest absolute Gasteiger partial charge is 0.319 e. The van der Waals surface area contributed by atoms with Crippen LogP contribution in [-0.4, -0.2) is 17.2 Å². The Labute approximate surface area is 143 Å². The van der Waals surface area contributed by atoms with Crippen molar-refractivity contribution in [2.24, 2.45) is 0 Å². The standard InChI is InChI=1S/C15H16ClFNO5P/c1-8-6-10(24(20,21)18-19)7-9(2)15(8)23-12-5-4-11(22-3)13(16)14(12)17/h4-7,19H,1-3H3,(H2,18,20,21). The Morgan fingerprint density at radius 2 is 1.75 bits per heavy atom. The maximum atomic E-state index is 14.3. The highest BCUT2D eigenvalue weighted by molar-refractivity contribution is 7.63. The summed E-state index contributed by atoms with van der Waals surface area (Å²) >= 11 is 5.86. The SMILES string of the molecule is COc1ccc(Oc2c(C)cc(P(=O)(O)NO)cc2C)c(F)c1Cl. The third kappa shape index (κ3) is 3.55. The minimum absolute atomic E-state index is 0.000542. The predicted octanol–water partition coefficient (Wildman–Crippen LogP) is 3.69. The number of hydrogen-bond donors (Lipinski definition) is 3. The average Bonchev–Trinajstić information content (AvgIpc) is 2.54. The number of methoxy groups -OCH3 is 1. The molecule has 1 unspecified atom stereocenters. The van der Waals surface area contributed by atoms with E-state index in [1.807, 2.05) is 0 Å². The van der Waals surface area contributed by atoms with Gasteiger partial charge in [-0.1, -0.05) is 11.6 Å². The highest BCUT2D eigenvalue weighted by Gasteiger charge is 2.23. The summed E-state index contributed by atoms with van der Waals surface area (Å²) in [6.45, 7) is 3.26. The topological polar surface area (TPSA) is 88.0 Å². The fourth-order valence-electron chi connectivity index (χ4n) is 2.18.